The molecule has 0 aliphatic heterocycles. The zero-order chi connectivity index (χ0) is 17.5. The van der Waals surface area contributed by atoms with Crippen molar-refractivity contribution in [3.05, 3.63) is 58.6 Å². The summed E-state index contributed by atoms with van der Waals surface area (Å²) in [4.78, 5) is 22.5. The van der Waals surface area contributed by atoms with Crippen molar-refractivity contribution in [2.45, 2.75) is 17.7 Å². The summed E-state index contributed by atoms with van der Waals surface area (Å²) in [6, 6.07) is 13.5. The lowest BCUT2D eigenvalue weighted by Crippen LogP contribution is -2.25. The maximum atomic E-state index is 12.2. The highest BCUT2D eigenvalue weighted by Crippen LogP contribution is 2.64. The van der Waals surface area contributed by atoms with Gasteiger partial charge >= 0.3 is 0 Å². The number of alkyl halides is 2. The fourth-order valence-corrected chi connectivity index (χ4v) is 3.14. The van der Waals surface area contributed by atoms with Gasteiger partial charge in [-0.1, -0.05) is 12.1 Å². The van der Waals surface area contributed by atoms with E-state index in [1.807, 2.05) is 12.1 Å². The number of amides is 1. The van der Waals surface area contributed by atoms with E-state index < -0.39 is 14.7 Å². The predicted molar refractivity (Wildman–Crippen MR) is 94.3 cm³/mol. The molecule has 3 rings (SSSR count). The molecule has 1 amide bonds. The third kappa shape index (κ3) is 2.97. The Bertz CT molecular complexity index is 804. The third-order valence-corrected chi connectivity index (χ3v) is 5.41. The van der Waals surface area contributed by atoms with E-state index in [0.717, 1.165) is 11.1 Å². The van der Waals surface area contributed by atoms with E-state index in [9.17, 15) is 14.9 Å². The second-order valence-corrected chi connectivity index (χ2v) is 7.53. The first-order chi connectivity index (χ1) is 11.2. The van der Waals surface area contributed by atoms with Crippen LogP contribution in [0.15, 0.2) is 48.5 Å². The number of hydrogen-bond donors (Lipinski definition) is 1. The number of carbonyl (C=O) groups excluding carboxylic acids is 1. The van der Waals surface area contributed by atoms with Gasteiger partial charge in [-0.25, -0.2) is 0 Å². The zero-order valence-corrected chi connectivity index (χ0v) is 14.3. The van der Waals surface area contributed by atoms with E-state index >= 15 is 0 Å². The summed E-state index contributed by atoms with van der Waals surface area (Å²) in [5.41, 5.74) is 1.67. The van der Waals surface area contributed by atoms with Crippen LogP contribution in [0, 0.1) is 15.5 Å². The normalized spacial score (nSPS) is 21.1. The Morgan fingerprint density at radius 3 is 1.96 bits per heavy atom. The average molecular weight is 365 g/mol. The van der Waals surface area contributed by atoms with Crippen molar-refractivity contribution < 1.29 is 9.72 Å². The van der Waals surface area contributed by atoms with Crippen LogP contribution in [0.25, 0.3) is 11.1 Å². The molecule has 7 heteroatoms. The average Bonchev–Trinajstić information content (AvgIpc) is 3.08. The Hall–Kier alpha value is -2.11. The molecule has 0 heterocycles. The molecule has 2 aromatic carbocycles. The number of nitro groups is 1. The molecule has 1 N–H and O–H groups in total. The monoisotopic (exact) mass is 364 g/mol. The molecule has 24 heavy (non-hydrogen) atoms. The van der Waals surface area contributed by atoms with Gasteiger partial charge in [-0.15, -0.1) is 23.2 Å². The Labute approximate surface area is 148 Å². The molecule has 2 aromatic rings. The summed E-state index contributed by atoms with van der Waals surface area (Å²) in [7, 11) is 0. The molecule has 5 nitrogen and oxygen atoms in total. The molecule has 0 radical (unpaired) electrons. The highest BCUT2D eigenvalue weighted by Gasteiger charge is 2.67. The van der Waals surface area contributed by atoms with Gasteiger partial charge in [-0.3, -0.25) is 14.9 Å². The van der Waals surface area contributed by atoms with E-state index in [1.54, 1.807) is 31.2 Å². The number of halogens is 2. The third-order valence-electron chi connectivity index (χ3n) is 4.31. The summed E-state index contributed by atoms with van der Waals surface area (Å²) in [6.45, 7) is 1.73. The van der Waals surface area contributed by atoms with Crippen molar-refractivity contribution in [2.75, 3.05) is 5.32 Å². The molecule has 0 bridgehead atoms. The number of anilines is 1. The minimum atomic E-state index is -1.00. The first-order valence-electron chi connectivity index (χ1n) is 7.27. The van der Waals surface area contributed by atoms with Crippen LogP contribution in [0.2, 0.25) is 0 Å². The van der Waals surface area contributed by atoms with E-state index in [0.29, 0.717) is 12.1 Å². The first kappa shape index (κ1) is 16.7. The standard InChI is InChI=1S/C17H14Cl2N2O3/c1-16(10-17(16,18)19)15(22)20-13-6-2-11(3-7-13)12-4-8-14(9-5-12)21(23)24/h2-9H,10H2,1H3,(H,20,22). The van der Waals surface area contributed by atoms with E-state index in [-0.39, 0.29) is 11.6 Å². The molecule has 1 unspecified atom stereocenters. The molecular formula is C17H14Cl2N2O3. The molecule has 0 aromatic heterocycles. The molecule has 1 aliphatic rings. The number of nitrogens with zero attached hydrogens (tertiary/aromatic N) is 1. The van der Waals surface area contributed by atoms with Gasteiger partial charge in [0.15, 0.2) is 0 Å². The molecule has 1 atom stereocenters. The van der Waals surface area contributed by atoms with E-state index in [1.165, 1.54) is 12.1 Å². The van der Waals surface area contributed by atoms with Gasteiger partial charge in [0.25, 0.3) is 5.69 Å². The van der Waals surface area contributed by atoms with Gasteiger partial charge in [-0.05, 0) is 48.7 Å². The number of rotatable bonds is 4. The van der Waals surface area contributed by atoms with Crippen molar-refractivity contribution in [3.63, 3.8) is 0 Å². The lowest BCUT2D eigenvalue weighted by Gasteiger charge is -2.13. The van der Waals surface area contributed by atoms with E-state index in [4.69, 9.17) is 23.2 Å². The van der Waals surface area contributed by atoms with Crippen LogP contribution < -0.4 is 5.32 Å². The zero-order valence-electron chi connectivity index (χ0n) is 12.8. The molecule has 124 valence electrons. The number of nitro benzene ring substituents is 1. The van der Waals surface area contributed by atoms with Crippen LogP contribution in [-0.4, -0.2) is 15.2 Å². The summed E-state index contributed by atoms with van der Waals surface area (Å²) in [5, 5.41) is 13.5. The van der Waals surface area contributed by atoms with Gasteiger partial charge < -0.3 is 5.32 Å². The smallest absolute Gasteiger partial charge is 0.269 e. The van der Waals surface area contributed by atoms with Crippen LogP contribution in [0.4, 0.5) is 11.4 Å². The van der Waals surface area contributed by atoms with Gasteiger partial charge in [0.05, 0.1) is 10.3 Å². The van der Waals surface area contributed by atoms with Crippen LogP contribution in [0.1, 0.15) is 13.3 Å². The second-order valence-electron chi connectivity index (χ2n) is 6.05. The Morgan fingerprint density at radius 1 is 1.08 bits per heavy atom. The van der Waals surface area contributed by atoms with Gasteiger partial charge in [0.1, 0.15) is 4.33 Å². The Kier molecular flexibility index (Phi) is 4.01. The number of carbonyl (C=O) groups is 1. The fraction of sp³-hybridized carbons (Fsp3) is 0.235. The molecular weight excluding hydrogens is 351 g/mol. The molecule has 1 aliphatic carbocycles. The van der Waals surface area contributed by atoms with Crippen LogP contribution in [0.3, 0.4) is 0 Å². The minimum Gasteiger partial charge on any atom is -0.326 e. The Morgan fingerprint density at radius 2 is 1.54 bits per heavy atom. The summed E-state index contributed by atoms with van der Waals surface area (Å²) in [6.07, 6.45) is 0.426. The largest absolute Gasteiger partial charge is 0.326 e. The number of nitrogens with one attached hydrogen (secondary N) is 1. The van der Waals surface area contributed by atoms with Crippen molar-refractivity contribution in [2.24, 2.45) is 5.41 Å². The van der Waals surface area contributed by atoms with Crippen LogP contribution in [-0.2, 0) is 4.79 Å². The SMILES string of the molecule is CC1(C(=O)Nc2ccc(-c3ccc([N+](=O)[O-])cc3)cc2)CC1(Cl)Cl. The van der Waals surface area contributed by atoms with Crippen LogP contribution in [0.5, 0.6) is 0 Å². The number of hydrogen-bond acceptors (Lipinski definition) is 3. The maximum absolute atomic E-state index is 12.2. The molecule has 0 spiro atoms. The highest BCUT2D eigenvalue weighted by molar-refractivity contribution is 6.53. The quantitative estimate of drug-likeness (QED) is 0.481. The van der Waals surface area contributed by atoms with Crippen molar-refractivity contribution >= 4 is 40.5 Å². The topological polar surface area (TPSA) is 72.2 Å². The molecule has 1 fully saturated rings. The number of benzene rings is 2. The Balaban J connectivity index is 1.72. The predicted octanol–water partition coefficient (Wildman–Crippen LogP) is 4.78. The van der Waals surface area contributed by atoms with Gasteiger partial charge in [0.2, 0.25) is 5.91 Å². The van der Waals surface area contributed by atoms with Gasteiger partial charge in [-0.2, -0.15) is 0 Å². The van der Waals surface area contributed by atoms with Crippen molar-refractivity contribution in [1.29, 1.82) is 0 Å². The second kappa shape index (κ2) is 5.76. The minimum absolute atomic E-state index is 0.0472. The summed E-state index contributed by atoms with van der Waals surface area (Å²) in [5.74, 6) is -0.212. The van der Waals surface area contributed by atoms with E-state index in [2.05, 4.69) is 5.32 Å². The number of non-ortho nitro benzene ring substituents is 1. The lowest BCUT2D eigenvalue weighted by molar-refractivity contribution is -0.384. The highest BCUT2D eigenvalue weighted by atomic mass is 35.5. The lowest BCUT2D eigenvalue weighted by atomic mass is 10.0. The maximum Gasteiger partial charge on any atom is 0.269 e. The first-order valence-corrected chi connectivity index (χ1v) is 8.03. The fourth-order valence-electron chi connectivity index (χ4n) is 2.44. The van der Waals surface area contributed by atoms with Crippen molar-refractivity contribution in [3.8, 4) is 11.1 Å². The summed E-state index contributed by atoms with van der Waals surface area (Å²) < 4.78 is -1.00. The molecule has 0 saturated heterocycles. The summed E-state index contributed by atoms with van der Waals surface area (Å²) >= 11 is 12.0. The molecule has 1 saturated carbocycles. The van der Waals surface area contributed by atoms with Crippen molar-refractivity contribution in [1.82, 2.24) is 0 Å². The van der Waals surface area contributed by atoms with Crippen LogP contribution >= 0.6 is 23.2 Å². The van der Waals surface area contributed by atoms with Gasteiger partial charge in [0, 0.05) is 17.8 Å².